The van der Waals surface area contributed by atoms with Gasteiger partial charge >= 0.3 is 0 Å². The largest absolute Gasteiger partial charge is 0.507 e. The van der Waals surface area contributed by atoms with E-state index in [4.69, 9.17) is 4.74 Å². The van der Waals surface area contributed by atoms with Gasteiger partial charge in [0.2, 0.25) is 11.8 Å². The molecule has 1 N–H and O–H groups in total. The molecule has 2 aromatic rings. The normalized spacial score (nSPS) is 25.7. The van der Waals surface area contributed by atoms with Crippen LogP contribution in [0.2, 0.25) is 0 Å². The fourth-order valence-corrected chi connectivity index (χ4v) is 6.90. The van der Waals surface area contributed by atoms with Gasteiger partial charge in [-0.2, -0.15) is 0 Å². The number of nitro benzene ring substituents is 1. The molecule has 3 aliphatic carbocycles. The monoisotopic (exact) mass is 604 g/mol. The van der Waals surface area contributed by atoms with Gasteiger partial charge in [0.1, 0.15) is 11.5 Å². The van der Waals surface area contributed by atoms with Crippen molar-refractivity contribution in [3.8, 4) is 11.5 Å². The first-order chi connectivity index (χ1) is 19.1. The number of nitro groups is 1. The van der Waals surface area contributed by atoms with Gasteiger partial charge in [0.25, 0.3) is 5.69 Å². The zero-order valence-electron chi connectivity index (χ0n) is 21.0. The number of Topliss-reactive ketones (excluding diaryl/α,β-unsaturated/α-hetero) is 1. The van der Waals surface area contributed by atoms with E-state index >= 15 is 0 Å². The number of allylic oxidation sites excluding steroid dienone is 6. The van der Waals surface area contributed by atoms with Crippen molar-refractivity contribution in [3.63, 3.8) is 0 Å². The Hall–Kier alpha value is -4.38. The number of methoxy groups -OCH3 is 1. The smallest absolute Gasteiger partial charge is 0.271 e. The van der Waals surface area contributed by atoms with Crippen LogP contribution < -0.4 is 9.64 Å². The fourth-order valence-electron chi connectivity index (χ4n) is 6.46. The quantitative estimate of drug-likeness (QED) is 0.179. The number of carbonyl (C=O) groups is 4. The number of aromatic hydroxyl groups is 1. The van der Waals surface area contributed by atoms with E-state index in [2.05, 4.69) is 15.9 Å². The Balaban J connectivity index is 1.48. The van der Waals surface area contributed by atoms with Crippen LogP contribution in [-0.2, 0) is 19.2 Å². The third-order valence-corrected chi connectivity index (χ3v) is 8.77. The lowest BCUT2D eigenvalue weighted by atomic mass is 9.59. The second kappa shape index (κ2) is 9.37. The first-order valence-electron chi connectivity index (χ1n) is 12.5. The summed E-state index contributed by atoms with van der Waals surface area (Å²) in [5.41, 5.74) is 1.38. The van der Waals surface area contributed by atoms with Gasteiger partial charge in [0, 0.05) is 46.9 Å². The Morgan fingerprint density at radius 3 is 2.55 bits per heavy atom. The fraction of sp³-hybridized carbons (Fsp3) is 0.241. The number of phenols is 1. The SMILES string of the molecule is COc1ccc([C@H]2C3=CC[C@@H]4C(=O)N(c5cccc([N+](=O)[O-])c5)C(=O)[C@@H]4[C@@H]3CC3=C2C(=O)C=C(Br)C3=O)c(O)c1. The first-order valence-corrected chi connectivity index (χ1v) is 13.3. The number of amides is 2. The summed E-state index contributed by atoms with van der Waals surface area (Å²) in [7, 11) is 1.46. The second-order valence-electron chi connectivity index (χ2n) is 10.1. The number of ether oxygens (including phenoxy) is 1. The predicted octanol–water partition coefficient (Wildman–Crippen LogP) is 4.28. The molecule has 0 aromatic heterocycles. The van der Waals surface area contributed by atoms with E-state index in [1.54, 1.807) is 12.1 Å². The standard InChI is InChI=1S/C29H21BrN2O8/c1-40-15-5-6-17(22(33)10-15)24-16-7-8-18-25(19(16)11-20-26(24)23(34)12-21(30)27(20)35)29(37)31(28(18)36)13-3-2-4-14(9-13)32(38)39/h2-7,9-10,12,18-19,24-25,33H,8,11H2,1H3/t18-,19+,24+,25-/m0/s1. The molecular weight excluding hydrogens is 584 g/mol. The minimum atomic E-state index is -0.851. The number of rotatable bonds is 4. The maximum absolute atomic E-state index is 13.9. The van der Waals surface area contributed by atoms with Crippen molar-refractivity contribution in [1.29, 1.82) is 0 Å². The minimum absolute atomic E-state index is 0.0606. The molecule has 4 aliphatic rings. The highest BCUT2D eigenvalue weighted by Crippen LogP contribution is 2.56. The molecule has 2 aromatic carbocycles. The molecule has 4 atom stereocenters. The molecule has 0 unspecified atom stereocenters. The van der Waals surface area contributed by atoms with Crippen LogP contribution in [0.15, 0.2) is 75.8 Å². The maximum atomic E-state index is 13.9. The number of halogens is 1. The lowest BCUT2D eigenvalue weighted by Crippen LogP contribution is -2.39. The van der Waals surface area contributed by atoms with E-state index in [9.17, 15) is 34.4 Å². The molecule has 202 valence electrons. The van der Waals surface area contributed by atoms with Crippen molar-refractivity contribution in [2.75, 3.05) is 12.0 Å². The Morgan fingerprint density at radius 1 is 1.07 bits per heavy atom. The third kappa shape index (κ3) is 3.75. The number of ketones is 2. The van der Waals surface area contributed by atoms with Crippen molar-refractivity contribution in [1.82, 2.24) is 0 Å². The molecule has 1 saturated heterocycles. The maximum Gasteiger partial charge on any atom is 0.271 e. The molecular formula is C29H21BrN2O8. The lowest BCUT2D eigenvalue weighted by molar-refractivity contribution is -0.384. The van der Waals surface area contributed by atoms with E-state index < -0.39 is 40.4 Å². The Labute approximate surface area is 235 Å². The Kier molecular flexibility index (Phi) is 6.06. The van der Waals surface area contributed by atoms with Crippen LogP contribution in [0.5, 0.6) is 11.5 Å². The number of hydrogen-bond donors (Lipinski definition) is 1. The predicted molar refractivity (Wildman–Crippen MR) is 145 cm³/mol. The van der Waals surface area contributed by atoms with Crippen molar-refractivity contribution in [3.05, 3.63) is 91.5 Å². The van der Waals surface area contributed by atoms with Crippen LogP contribution in [0.1, 0.15) is 24.3 Å². The average Bonchev–Trinajstić information content (AvgIpc) is 3.20. The number of phenolic OH excluding ortho intramolecular Hbond substituents is 1. The first kappa shape index (κ1) is 25.9. The highest BCUT2D eigenvalue weighted by Gasteiger charge is 2.57. The number of anilines is 1. The van der Waals surface area contributed by atoms with Crippen molar-refractivity contribution >= 4 is 50.7 Å². The summed E-state index contributed by atoms with van der Waals surface area (Å²) in [6.07, 6.45) is 3.31. The van der Waals surface area contributed by atoms with E-state index in [1.807, 2.05) is 6.08 Å². The summed E-state index contributed by atoms with van der Waals surface area (Å²) in [6, 6.07) is 10.0. The van der Waals surface area contributed by atoms with Crippen molar-refractivity contribution < 1.29 is 33.9 Å². The number of hydrogen-bond acceptors (Lipinski definition) is 8. The van der Waals surface area contributed by atoms with Gasteiger partial charge < -0.3 is 9.84 Å². The number of imide groups is 1. The molecule has 0 saturated carbocycles. The van der Waals surface area contributed by atoms with Crippen molar-refractivity contribution in [2.24, 2.45) is 17.8 Å². The van der Waals surface area contributed by atoms with Crippen LogP contribution in [0.25, 0.3) is 0 Å². The van der Waals surface area contributed by atoms with Gasteiger partial charge in [0.05, 0.1) is 34.0 Å². The molecule has 40 heavy (non-hydrogen) atoms. The summed E-state index contributed by atoms with van der Waals surface area (Å²) < 4.78 is 5.31. The summed E-state index contributed by atoms with van der Waals surface area (Å²) in [4.78, 5) is 65.8. The molecule has 6 rings (SSSR count). The highest BCUT2D eigenvalue weighted by molar-refractivity contribution is 9.12. The molecule has 1 fully saturated rings. The van der Waals surface area contributed by atoms with Gasteiger partial charge in [0.15, 0.2) is 11.6 Å². The average molecular weight is 605 g/mol. The number of benzene rings is 2. The van der Waals surface area contributed by atoms with Crippen LogP contribution in [-0.4, -0.2) is 40.5 Å². The topological polar surface area (TPSA) is 144 Å². The Bertz CT molecular complexity index is 1650. The van der Waals surface area contributed by atoms with E-state index in [0.717, 1.165) is 4.90 Å². The second-order valence-corrected chi connectivity index (χ2v) is 11.0. The summed E-state index contributed by atoms with van der Waals surface area (Å²) in [5, 5.41) is 22.3. The lowest BCUT2D eigenvalue weighted by Gasteiger charge is -2.42. The molecule has 0 radical (unpaired) electrons. The molecule has 0 bridgehead atoms. The zero-order valence-corrected chi connectivity index (χ0v) is 22.6. The number of nitrogens with zero attached hydrogens (tertiary/aromatic N) is 2. The van der Waals surface area contributed by atoms with Gasteiger partial charge in [-0.3, -0.25) is 29.3 Å². The zero-order chi connectivity index (χ0) is 28.5. The van der Waals surface area contributed by atoms with E-state index in [-0.39, 0.29) is 57.2 Å². The molecule has 10 nitrogen and oxygen atoms in total. The minimum Gasteiger partial charge on any atom is -0.507 e. The number of carbonyl (C=O) groups excluding carboxylic acids is 4. The molecule has 1 heterocycles. The van der Waals surface area contributed by atoms with Crippen LogP contribution in [0.3, 0.4) is 0 Å². The molecule has 11 heteroatoms. The summed E-state index contributed by atoms with van der Waals surface area (Å²) in [5.74, 6) is -4.51. The number of fused-ring (bicyclic) bond motifs is 3. The van der Waals surface area contributed by atoms with Gasteiger partial charge in [-0.05, 0) is 46.8 Å². The molecule has 2 amide bonds. The summed E-state index contributed by atoms with van der Waals surface area (Å²) in [6.45, 7) is 0. The van der Waals surface area contributed by atoms with E-state index in [0.29, 0.717) is 16.9 Å². The van der Waals surface area contributed by atoms with Crippen molar-refractivity contribution in [2.45, 2.75) is 18.8 Å². The number of non-ortho nitro benzene ring substituents is 1. The van der Waals surface area contributed by atoms with Gasteiger partial charge in [-0.25, -0.2) is 4.90 Å². The molecule has 1 aliphatic heterocycles. The summed E-state index contributed by atoms with van der Waals surface area (Å²) >= 11 is 3.18. The molecule has 0 spiro atoms. The third-order valence-electron chi connectivity index (χ3n) is 8.18. The Morgan fingerprint density at radius 2 is 1.85 bits per heavy atom. The van der Waals surface area contributed by atoms with Crippen LogP contribution in [0, 0.1) is 27.9 Å². The van der Waals surface area contributed by atoms with E-state index in [1.165, 1.54) is 43.5 Å². The van der Waals surface area contributed by atoms with Gasteiger partial charge in [-0.15, -0.1) is 0 Å². The van der Waals surface area contributed by atoms with Crippen LogP contribution >= 0.6 is 15.9 Å². The van der Waals surface area contributed by atoms with Crippen LogP contribution in [0.4, 0.5) is 11.4 Å². The highest BCUT2D eigenvalue weighted by atomic mass is 79.9. The van der Waals surface area contributed by atoms with Gasteiger partial charge in [-0.1, -0.05) is 23.8 Å².